The molecule has 13 heteroatoms. The highest BCUT2D eigenvalue weighted by Gasteiger charge is 2.34. The summed E-state index contributed by atoms with van der Waals surface area (Å²) in [6.45, 7) is -1.79. The van der Waals surface area contributed by atoms with Crippen LogP contribution in [-0.4, -0.2) is 75.2 Å². The lowest BCUT2D eigenvalue weighted by atomic mass is 10.0. The molecule has 0 saturated heterocycles. The number of hydrogen-bond acceptors (Lipinski definition) is 9. The maximum Gasteiger partial charge on any atom is 0.164 e. The highest BCUT2D eigenvalue weighted by Crippen LogP contribution is 2.36. The van der Waals surface area contributed by atoms with Crippen LogP contribution in [0.15, 0.2) is 35.1 Å². The number of nitrogens with one attached hydrogen (secondary N) is 1. The Balaban J connectivity index is 1.95. The fourth-order valence-electron chi connectivity index (χ4n) is 3.10. The smallest absolute Gasteiger partial charge is 0.164 e. The van der Waals surface area contributed by atoms with Crippen LogP contribution in [0.1, 0.15) is 0 Å². The lowest BCUT2D eigenvalue weighted by Crippen LogP contribution is -2.48. The van der Waals surface area contributed by atoms with Gasteiger partial charge in [0, 0.05) is 17.1 Å². The van der Waals surface area contributed by atoms with Gasteiger partial charge in [0.25, 0.3) is 0 Å². The Labute approximate surface area is 206 Å². The minimum atomic E-state index is -2.13. The van der Waals surface area contributed by atoms with Gasteiger partial charge in [-0.05, 0) is 34.1 Å². The first-order valence-electron chi connectivity index (χ1n) is 9.83. The van der Waals surface area contributed by atoms with E-state index in [0.717, 1.165) is 0 Å². The topological polar surface area (TPSA) is 137 Å². The summed E-state index contributed by atoms with van der Waals surface area (Å²) in [7, 11) is 1.34. The van der Waals surface area contributed by atoms with Crippen molar-refractivity contribution in [2.75, 3.05) is 25.6 Å². The molecule has 184 valence electrons. The monoisotopic (exact) mass is 563 g/mol. The summed E-state index contributed by atoms with van der Waals surface area (Å²) in [5, 5.41) is 42.0. The van der Waals surface area contributed by atoms with E-state index in [2.05, 4.69) is 31.2 Å². The van der Waals surface area contributed by atoms with E-state index < -0.39 is 43.5 Å². The number of anilines is 2. The van der Waals surface area contributed by atoms with Gasteiger partial charge >= 0.3 is 0 Å². The second-order valence-corrected chi connectivity index (χ2v) is 8.34. The molecule has 0 radical (unpaired) electrons. The molecule has 34 heavy (non-hydrogen) atoms. The number of aliphatic hydroxyl groups excluding tert-OH is 4. The highest BCUT2D eigenvalue weighted by molar-refractivity contribution is 9.10. The Hall–Kier alpha value is -2.35. The minimum Gasteiger partial charge on any atom is -0.493 e. The quantitative estimate of drug-likeness (QED) is 0.235. The third-order valence-electron chi connectivity index (χ3n) is 4.90. The summed E-state index contributed by atoms with van der Waals surface area (Å²) in [6.07, 6.45) is -6.19. The Bertz CT molecular complexity index is 1140. The van der Waals surface area contributed by atoms with Crippen molar-refractivity contribution in [2.45, 2.75) is 24.5 Å². The third kappa shape index (κ3) is 5.65. The number of rotatable bonds is 10. The first kappa shape index (κ1) is 26.3. The molecule has 1 aromatic heterocycles. The zero-order valence-corrected chi connectivity index (χ0v) is 20.0. The number of aromatic nitrogens is 2. The summed E-state index contributed by atoms with van der Waals surface area (Å²) in [5.74, 6) is -0.106. The number of fused-ring (bicyclic) bond motifs is 1. The number of aliphatic hydroxyl groups is 4. The molecule has 9 nitrogen and oxygen atoms in total. The zero-order chi connectivity index (χ0) is 25.0. The van der Waals surface area contributed by atoms with Crippen molar-refractivity contribution in [2.24, 2.45) is 0 Å². The van der Waals surface area contributed by atoms with Crippen LogP contribution in [0.25, 0.3) is 10.9 Å². The van der Waals surface area contributed by atoms with E-state index in [1.54, 1.807) is 0 Å². The number of halogens is 4. The van der Waals surface area contributed by atoms with Crippen LogP contribution in [0, 0.1) is 5.82 Å². The van der Waals surface area contributed by atoms with E-state index in [4.69, 9.17) is 26.2 Å². The molecule has 0 aliphatic carbocycles. The SMILES string of the molecule is COc1cc2c(Nc3cc(F)c(Br)c(Cl)c3)ncnc2cc1O[C@H](CO)[C@H](O)[C@@H](O)[C@H](F)CO. The highest BCUT2D eigenvalue weighted by atomic mass is 79.9. The summed E-state index contributed by atoms with van der Waals surface area (Å²) >= 11 is 9.06. The number of methoxy groups -OCH3 is 1. The maximum atomic E-state index is 14.0. The summed E-state index contributed by atoms with van der Waals surface area (Å²) in [6, 6.07) is 5.66. The molecule has 3 rings (SSSR count). The van der Waals surface area contributed by atoms with Gasteiger partial charge in [0.05, 0.1) is 35.3 Å². The molecule has 0 aliphatic rings. The lowest BCUT2D eigenvalue weighted by molar-refractivity contribution is -0.0981. The molecule has 0 fully saturated rings. The van der Waals surface area contributed by atoms with Crippen LogP contribution in [0.5, 0.6) is 11.5 Å². The average Bonchev–Trinajstić information content (AvgIpc) is 2.83. The normalized spacial score (nSPS) is 15.0. The molecule has 0 aliphatic heterocycles. The van der Waals surface area contributed by atoms with Crippen LogP contribution in [0.3, 0.4) is 0 Å². The van der Waals surface area contributed by atoms with Crippen LogP contribution >= 0.6 is 27.5 Å². The number of nitrogens with zero attached hydrogens (tertiary/aromatic N) is 2. The van der Waals surface area contributed by atoms with Gasteiger partial charge in [-0.2, -0.15) is 0 Å². The van der Waals surface area contributed by atoms with Gasteiger partial charge in [0.1, 0.15) is 30.2 Å². The van der Waals surface area contributed by atoms with E-state index in [1.807, 2.05) is 0 Å². The van der Waals surface area contributed by atoms with E-state index >= 15 is 0 Å². The maximum absolute atomic E-state index is 14.0. The van der Waals surface area contributed by atoms with Gasteiger partial charge in [-0.3, -0.25) is 0 Å². The molecular formula is C21H21BrClF2N3O6. The van der Waals surface area contributed by atoms with Gasteiger partial charge in [0.15, 0.2) is 23.8 Å². The number of benzene rings is 2. The predicted molar refractivity (Wildman–Crippen MR) is 124 cm³/mol. The fourth-order valence-corrected chi connectivity index (χ4v) is 3.54. The predicted octanol–water partition coefficient (Wildman–Crippen LogP) is 2.73. The van der Waals surface area contributed by atoms with Crippen molar-refractivity contribution in [1.29, 1.82) is 0 Å². The summed E-state index contributed by atoms with van der Waals surface area (Å²) < 4.78 is 38.7. The van der Waals surface area contributed by atoms with Gasteiger partial charge in [-0.1, -0.05) is 11.6 Å². The minimum absolute atomic E-state index is 0.0297. The van der Waals surface area contributed by atoms with Gasteiger partial charge in [0.2, 0.25) is 0 Å². The molecule has 0 unspecified atom stereocenters. The molecule has 0 bridgehead atoms. The van der Waals surface area contributed by atoms with Gasteiger partial charge in [-0.15, -0.1) is 0 Å². The second-order valence-electron chi connectivity index (χ2n) is 7.14. The van der Waals surface area contributed by atoms with E-state index in [0.29, 0.717) is 22.4 Å². The molecule has 0 amide bonds. The molecule has 0 spiro atoms. The lowest BCUT2D eigenvalue weighted by Gasteiger charge is -2.28. The molecular weight excluding hydrogens is 544 g/mol. The fraction of sp³-hybridized carbons (Fsp3) is 0.333. The van der Waals surface area contributed by atoms with Crippen molar-refractivity contribution < 1.29 is 38.7 Å². The van der Waals surface area contributed by atoms with E-state index in [-0.39, 0.29) is 21.0 Å². The molecule has 3 aromatic rings. The average molecular weight is 565 g/mol. The van der Waals surface area contributed by atoms with E-state index in [1.165, 1.54) is 37.7 Å². The third-order valence-corrected chi connectivity index (χ3v) is 6.23. The Kier molecular flexibility index (Phi) is 8.79. The molecule has 5 N–H and O–H groups in total. The second kappa shape index (κ2) is 11.4. The molecule has 1 heterocycles. The van der Waals surface area contributed by atoms with Crippen LogP contribution in [-0.2, 0) is 0 Å². The number of hydrogen-bond donors (Lipinski definition) is 5. The number of alkyl halides is 1. The van der Waals surface area contributed by atoms with Crippen LogP contribution < -0.4 is 14.8 Å². The first-order chi connectivity index (χ1) is 16.2. The van der Waals surface area contributed by atoms with Crippen molar-refractivity contribution >= 4 is 49.9 Å². The van der Waals surface area contributed by atoms with Crippen LogP contribution in [0.4, 0.5) is 20.3 Å². The van der Waals surface area contributed by atoms with Crippen molar-refractivity contribution in [3.63, 3.8) is 0 Å². The first-order valence-corrected chi connectivity index (χ1v) is 11.0. The zero-order valence-electron chi connectivity index (χ0n) is 17.6. The summed E-state index contributed by atoms with van der Waals surface area (Å²) in [4.78, 5) is 8.33. The summed E-state index contributed by atoms with van der Waals surface area (Å²) in [5.41, 5.74) is 0.676. The van der Waals surface area contributed by atoms with Crippen LogP contribution in [0.2, 0.25) is 5.02 Å². The molecule has 0 saturated carbocycles. The van der Waals surface area contributed by atoms with Crippen molar-refractivity contribution in [3.05, 3.63) is 45.9 Å². The largest absolute Gasteiger partial charge is 0.493 e. The van der Waals surface area contributed by atoms with E-state index in [9.17, 15) is 24.1 Å². The Morgan fingerprint density at radius 2 is 1.82 bits per heavy atom. The molecule has 4 atom stereocenters. The van der Waals surface area contributed by atoms with Gasteiger partial charge in [-0.25, -0.2) is 18.7 Å². The van der Waals surface area contributed by atoms with Gasteiger partial charge < -0.3 is 35.2 Å². The molecule has 2 aromatic carbocycles. The number of ether oxygens (including phenoxy) is 2. The Morgan fingerprint density at radius 3 is 2.44 bits per heavy atom. The van der Waals surface area contributed by atoms with Crippen molar-refractivity contribution in [1.82, 2.24) is 9.97 Å². The Morgan fingerprint density at radius 1 is 1.09 bits per heavy atom. The standard InChI is InChI=1S/C21H21BrClF2N3O6/c1-33-15-4-10-14(5-16(15)34-17(7-30)20(32)19(31)13(25)6-29)26-8-27-21(10)28-9-2-11(23)18(22)12(24)3-9/h2-5,8,13,17,19-20,29-32H,6-7H2,1H3,(H,26,27,28)/t13-,17-,19+,20+/m1/s1. The van der Waals surface area contributed by atoms with Crippen molar-refractivity contribution in [3.8, 4) is 11.5 Å².